The molecule has 1 aromatic rings. The molecular weight excluding hydrogens is 136 g/mol. The van der Waals surface area contributed by atoms with Gasteiger partial charge in [0.05, 0.1) is 0 Å². The summed E-state index contributed by atoms with van der Waals surface area (Å²) in [6.45, 7) is 0. The quantitative estimate of drug-likeness (QED) is 0.604. The second-order valence-electron chi connectivity index (χ2n) is 2.75. The molecule has 0 aliphatic heterocycles. The first-order valence-electron chi connectivity index (χ1n) is 3.77. The molecule has 0 fully saturated rings. The van der Waals surface area contributed by atoms with Crippen molar-refractivity contribution in [3.8, 4) is 0 Å². The third kappa shape index (κ3) is 1.11. The molecule has 0 unspecified atom stereocenters. The lowest BCUT2D eigenvalue weighted by Crippen LogP contribution is -1.98. The van der Waals surface area contributed by atoms with Gasteiger partial charge in [-0.25, -0.2) is 4.98 Å². The van der Waals surface area contributed by atoms with Crippen LogP contribution in [0.2, 0.25) is 0 Å². The van der Waals surface area contributed by atoms with Crippen LogP contribution in [-0.2, 0) is 6.42 Å². The zero-order chi connectivity index (χ0) is 7.68. The summed E-state index contributed by atoms with van der Waals surface area (Å²) in [5.74, 6) is 0.607. The molecule has 0 aromatic carbocycles. The summed E-state index contributed by atoms with van der Waals surface area (Å²) in [4.78, 5) is 4.04. The Kier molecular flexibility index (Phi) is 1.39. The van der Waals surface area contributed by atoms with E-state index in [0.717, 1.165) is 12.8 Å². The molecule has 56 valence electrons. The molecule has 2 nitrogen and oxygen atoms in total. The average molecular weight is 146 g/mol. The molecule has 0 atom stereocenters. The zero-order valence-electron chi connectivity index (χ0n) is 6.25. The van der Waals surface area contributed by atoms with Gasteiger partial charge in [0.15, 0.2) is 0 Å². The lowest BCUT2D eigenvalue weighted by molar-refractivity contribution is 0.972. The Labute approximate surface area is 65.8 Å². The van der Waals surface area contributed by atoms with E-state index in [1.807, 2.05) is 12.3 Å². The smallest absolute Gasteiger partial charge is 0.123 e. The van der Waals surface area contributed by atoms with Crippen LogP contribution < -0.4 is 5.73 Å². The number of pyridine rings is 1. The number of anilines is 1. The Balaban J connectivity index is 2.54. The standard InChI is InChI=1S/C9H10N2/c10-9-5-7-3-1-2-4-8(7)6-11-9/h1,3,5-6H,2,4H2,(H2,10,11). The average Bonchev–Trinajstić information content (AvgIpc) is 2.04. The maximum atomic E-state index is 5.54. The molecule has 2 rings (SSSR count). The first kappa shape index (κ1) is 6.40. The van der Waals surface area contributed by atoms with E-state index in [1.165, 1.54) is 11.1 Å². The van der Waals surface area contributed by atoms with Gasteiger partial charge in [-0.3, -0.25) is 0 Å². The van der Waals surface area contributed by atoms with Crippen molar-refractivity contribution in [2.45, 2.75) is 12.8 Å². The molecule has 0 radical (unpaired) electrons. The van der Waals surface area contributed by atoms with Crippen LogP contribution in [0, 0.1) is 0 Å². The van der Waals surface area contributed by atoms with E-state index in [-0.39, 0.29) is 0 Å². The predicted molar refractivity (Wildman–Crippen MR) is 46.0 cm³/mol. The highest BCUT2D eigenvalue weighted by Crippen LogP contribution is 2.19. The van der Waals surface area contributed by atoms with Crippen LogP contribution >= 0.6 is 0 Å². The number of nitrogen functional groups attached to an aromatic ring is 1. The fourth-order valence-corrected chi connectivity index (χ4v) is 1.33. The number of nitrogens with zero attached hydrogens (tertiary/aromatic N) is 1. The Morgan fingerprint density at radius 2 is 2.36 bits per heavy atom. The molecule has 0 bridgehead atoms. The summed E-state index contributed by atoms with van der Waals surface area (Å²) in [6.07, 6.45) is 8.37. The van der Waals surface area contributed by atoms with Crippen LogP contribution in [0.3, 0.4) is 0 Å². The molecule has 1 aliphatic rings. The van der Waals surface area contributed by atoms with Crippen molar-refractivity contribution in [3.63, 3.8) is 0 Å². The molecule has 1 aromatic heterocycles. The third-order valence-corrected chi connectivity index (χ3v) is 1.92. The monoisotopic (exact) mass is 146 g/mol. The molecular formula is C9H10N2. The van der Waals surface area contributed by atoms with E-state index in [4.69, 9.17) is 5.73 Å². The number of rotatable bonds is 0. The van der Waals surface area contributed by atoms with Crippen molar-refractivity contribution in [3.05, 3.63) is 29.5 Å². The van der Waals surface area contributed by atoms with Crippen LogP contribution in [0.15, 0.2) is 18.3 Å². The molecule has 0 amide bonds. The maximum Gasteiger partial charge on any atom is 0.123 e. The van der Waals surface area contributed by atoms with Crippen molar-refractivity contribution in [2.75, 3.05) is 5.73 Å². The number of hydrogen-bond donors (Lipinski definition) is 1. The van der Waals surface area contributed by atoms with E-state index in [1.54, 1.807) is 0 Å². The molecule has 1 aliphatic carbocycles. The van der Waals surface area contributed by atoms with Gasteiger partial charge >= 0.3 is 0 Å². The third-order valence-electron chi connectivity index (χ3n) is 1.92. The van der Waals surface area contributed by atoms with Crippen molar-refractivity contribution < 1.29 is 0 Å². The molecule has 0 spiro atoms. The Hall–Kier alpha value is -1.31. The number of nitrogens with two attached hydrogens (primary N) is 1. The minimum atomic E-state index is 0.607. The summed E-state index contributed by atoms with van der Waals surface area (Å²) >= 11 is 0. The molecule has 2 N–H and O–H groups in total. The van der Waals surface area contributed by atoms with E-state index < -0.39 is 0 Å². The Bertz CT molecular complexity index is 302. The van der Waals surface area contributed by atoms with Gasteiger partial charge in [-0.15, -0.1) is 0 Å². The maximum absolute atomic E-state index is 5.54. The minimum absolute atomic E-state index is 0.607. The topological polar surface area (TPSA) is 38.9 Å². The molecule has 2 heteroatoms. The van der Waals surface area contributed by atoms with Crippen molar-refractivity contribution in [1.82, 2.24) is 4.98 Å². The first-order chi connectivity index (χ1) is 5.36. The van der Waals surface area contributed by atoms with Crippen molar-refractivity contribution >= 4 is 11.9 Å². The first-order valence-corrected chi connectivity index (χ1v) is 3.77. The number of aryl methyl sites for hydroxylation is 1. The van der Waals surface area contributed by atoms with Crippen LogP contribution in [-0.4, -0.2) is 4.98 Å². The zero-order valence-corrected chi connectivity index (χ0v) is 6.25. The van der Waals surface area contributed by atoms with Gasteiger partial charge in [-0.2, -0.15) is 0 Å². The number of allylic oxidation sites excluding steroid dienone is 1. The predicted octanol–water partition coefficient (Wildman–Crippen LogP) is 1.62. The Morgan fingerprint density at radius 3 is 3.27 bits per heavy atom. The number of fused-ring (bicyclic) bond motifs is 1. The van der Waals surface area contributed by atoms with E-state index in [9.17, 15) is 0 Å². The Morgan fingerprint density at radius 1 is 1.45 bits per heavy atom. The highest BCUT2D eigenvalue weighted by atomic mass is 14.8. The summed E-state index contributed by atoms with van der Waals surface area (Å²) in [5.41, 5.74) is 8.07. The number of hydrogen-bond acceptors (Lipinski definition) is 2. The second-order valence-corrected chi connectivity index (χ2v) is 2.75. The van der Waals surface area contributed by atoms with Crippen LogP contribution in [0.1, 0.15) is 17.5 Å². The van der Waals surface area contributed by atoms with Gasteiger partial charge < -0.3 is 5.73 Å². The lowest BCUT2D eigenvalue weighted by atomic mass is 10.00. The van der Waals surface area contributed by atoms with E-state index in [0.29, 0.717) is 5.82 Å². The van der Waals surface area contributed by atoms with Gasteiger partial charge in [0.1, 0.15) is 5.82 Å². The van der Waals surface area contributed by atoms with Crippen LogP contribution in [0.4, 0.5) is 5.82 Å². The summed E-state index contributed by atoms with van der Waals surface area (Å²) in [6, 6.07) is 1.92. The molecule has 0 saturated heterocycles. The van der Waals surface area contributed by atoms with Crippen LogP contribution in [0.5, 0.6) is 0 Å². The molecule has 0 saturated carbocycles. The minimum Gasteiger partial charge on any atom is -0.384 e. The van der Waals surface area contributed by atoms with Gasteiger partial charge in [-0.1, -0.05) is 12.2 Å². The van der Waals surface area contributed by atoms with E-state index >= 15 is 0 Å². The molecule has 1 heterocycles. The van der Waals surface area contributed by atoms with Crippen molar-refractivity contribution in [2.24, 2.45) is 0 Å². The highest BCUT2D eigenvalue weighted by Gasteiger charge is 2.03. The fourth-order valence-electron chi connectivity index (χ4n) is 1.33. The van der Waals surface area contributed by atoms with Gasteiger partial charge in [0.2, 0.25) is 0 Å². The summed E-state index contributed by atoms with van der Waals surface area (Å²) in [5, 5.41) is 0. The van der Waals surface area contributed by atoms with Gasteiger partial charge in [-0.05, 0) is 30.0 Å². The van der Waals surface area contributed by atoms with Gasteiger partial charge in [0.25, 0.3) is 0 Å². The van der Waals surface area contributed by atoms with Crippen molar-refractivity contribution in [1.29, 1.82) is 0 Å². The van der Waals surface area contributed by atoms with Crippen LogP contribution in [0.25, 0.3) is 6.08 Å². The second kappa shape index (κ2) is 2.38. The van der Waals surface area contributed by atoms with Gasteiger partial charge in [0, 0.05) is 6.20 Å². The summed E-state index contributed by atoms with van der Waals surface area (Å²) < 4.78 is 0. The SMILES string of the molecule is Nc1cc2c(cn1)CCC=C2. The summed E-state index contributed by atoms with van der Waals surface area (Å²) in [7, 11) is 0. The normalized spacial score (nSPS) is 14.5. The lowest BCUT2D eigenvalue weighted by Gasteiger charge is -2.08. The molecule has 11 heavy (non-hydrogen) atoms. The van der Waals surface area contributed by atoms with E-state index in [2.05, 4.69) is 17.1 Å². The highest BCUT2D eigenvalue weighted by molar-refractivity contribution is 5.58. The number of aromatic nitrogens is 1. The fraction of sp³-hybridized carbons (Fsp3) is 0.222. The largest absolute Gasteiger partial charge is 0.384 e.